The van der Waals surface area contributed by atoms with Crippen LogP contribution in [-0.4, -0.2) is 35.4 Å². The molecule has 0 amide bonds. The number of aliphatic hydroxyl groups is 1. The van der Waals surface area contributed by atoms with E-state index < -0.39 is 28.5 Å². The number of carbonyl (C=O) groups excluding carboxylic acids is 2. The average molecular weight is 686 g/mol. The standard InChI is InChI=1S/C34H38Br2O5/c1-30(2)14-4-15-31(3)26(30)13-16-33-18-17-32(20-33,21-40-28(37)22-5-9-24(35)10-6-22)19-27(34(31,33)39)41-29(38)23-7-11-25(36)12-8-23/h4-12,15,26-27,39H,13-14,16-21H2,1-3H3/t26-,27?,31-,32-,33+,34-/m1/s1. The monoisotopic (exact) mass is 684 g/mol. The average Bonchev–Trinajstić information content (AvgIpc) is 3.25. The van der Waals surface area contributed by atoms with Crippen molar-refractivity contribution < 1.29 is 24.2 Å². The largest absolute Gasteiger partial charge is 0.462 e. The predicted molar refractivity (Wildman–Crippen MR) is 164 cm³/mol. The molecule has 0 saturated heterocycles. The molecule has 1 spiro atoms. The second kappa shape index (κ2) is 10.1. The van der Waals surface area contributed by atoms with Gasteiger partial charge < -0.3 is 14.6 Å². The maximum Gasteiger partial charge on any atom is 0.338 e. The molecule has 218 valence electrons. The molecule has 3 saturated carbocycles. The molecular formula is C34H38Br2O5. The molecular weight excluding hydrogens is 648 g/mol. The van der Waals surface area contributed by atoms with E-state index in [1.807, 2.05) is 24.3 Å². The summed E-state index contributed by atoms with van der Waals surface area (Å²) in [4.78, 5) is 26.6. The van der Waals surface area contributed by atoms with Gasteiger partial charge in [-0.3, -0.25) is 0 Å². The van der Waals surface area contributed by atoms with Crippen LogP contribution in [0.25, 0.3) is 0 Å². The summed E-state index contributed by atoms with van der Waals surface area (Å²) in [6.07, 6.45) is 9.42. The number of fused-ring (bicyclic) bond motifs is 3. The zero-order valence-electron chi connectivity index (χ0n) is 23.9. The molecule has 7 heteroatoms. The van der Waals surface area contributed by atoms with E-state index in [-0.39, 0.29) is 29.3 Å². The Morgan fingerprint density at radius 1 is 0.902 bits per heavy atom. The molecule has 6 atom stereocenters. The molecule has 2 bridgehead atoms. The molecule has 0 heterocycles. The molecule has 1 unspecified atom stereocenters. The third-order valence-corrected chi connectivity index (χ3v) is 12.2. The normalized spacial score (nSPS) is 36.6. The quantitative estimate of drug-likeness (QED) is 0.253. The van der Waals surface area contributed by atoms with Crippen LogP contribution in [0.2, 0.25) is 0 Å². The molecule has 0 radical (unpaired) electrons. The molecule has 0 aromatic heterocycles. The Bertz CT molecular complexity index is 1380. The molecule has 0 aliphatic heterocycles. The summed E-state index contributed by atoms with van der Waals surface area (Å²) < 4.78 is 14.1. The molecule has 4 aliphatic rings. The van der Waals surface area contributed by atoms with Crippen molar-refractivity contribution in [1.82, 2.24) is 0 Å². The first-order chi connectivity index (χ1) is 19.3. The highest BCUT2D eigenvalue weighted by molar-refractivity contribution is 9.10. The zero-order chi connectivity index (χ0) is 29.3. The first kappa shape index (κ1) is 29.1. The Hall–Kier alpha value is -1.96. The van der Waals surface area contributed by atoms with E-state index in [0.29, 0.717) is 17.5 Å². The van der Waals surface area contributed by atoms with Gasteiger partial charge >= 0.3 is 11.9 Å². The van der Waals surface area contributed by atoms with Crippen molar-refractivity contribution in [3.8, 4) is 0 Å². The van der Waals surface area contributed by atoms with Crippen molar-refractivity contribution in [3.05, 3.63) is 80.8 Å². The van der Waals surface area contributed by atoms with Crippen LogP contribution in [0, 0.1) is 27.6 Å². The van der Waals surface area contributed by atoms with E-state index in [1.54, 1.807) is 24.3 Å². The number of esters is 2. The number of allylic oxidation sites excluding steroid dienone is 1. The van der Waals surface area contributed by atoms with Gasteiger partial charge in [0.2, 0.25) is 0 Å². The van der Waals surface area contributed by atoms with E-state index in [9.17, 15) is 14.7 Å². The van der Waals surface area contributed by atoms with E-state index in [2.05, 4.69) is 64.8 Å². The number of hydrogen-bond acceptors (Lipinski definition) is 5. The van der Waals surface area contributed by atoms with Gasteiger partial charge in [0.15, 0.2) is 0 Å². The maximum absolute atomic E-state index is 13.6. The van der Waals surface area contributed by atoms with Crippen LogP contribution >= 0.6 is 31.9 Å². The van der Waals surface area contributed by atoms with Gasteiger partial charge in [-0.15, -0.1) is 0 Å². The Morgan fingerprint density at radius 3 is 2.15 bits per heavy atom. The van der Waals surface area contributed by atoms with Crippen molar-refractivity contribution in [2.45, 2.75) is 77.4 Å². The van der Waals surface area contributed by atoms with Crippen LogP contribution in [0.3, 0.4) is 0 Å². The van der Waals surface area contributed by atoms with Crippen LogP contribution < -0.4 is 0 Å². The Kier molecular flexibility index (Phi) is 7.14. The van der Waals surface area contributed by atoms with Crippen LogP contribution in [-0.2, 0) is 9.47 Å². The highest BCUT2D eigenvalue weighted by Crippen LogP contribution is 2.74. The lowest BCUT2D eigenvalue weighted by Gasteiger charge is -2.68. The van der Waals surface area contributed by atoms with Crippen LogP contribution in [0.4, 0.5) is 0 Å². The summed E-state index contributed by atoms with van der Waals surface area (Å²) in [6.45, 7) is 7.03. The van der Waals surface area contributed by atoms with Gasteiger partial charge in [-0.25, -0.2) is 9.59 Å². The lowest BCUT2D eigenvalue weighted by atomic mass is 9.39. The van der Waals surface area contributed by atoms with Crippen molar-refractivity contribution in [3.63, 3.8) is 0 Å². The fourth-order valence-corrected chi connectivity index (χ4v) is 9.79. The third kappa shape index (κ3) is 4.56. The summed E-state index contributed by atoms with van der Waals surface area (Å²) in [5.74, 6) is -0.531. The Morgan fingerprint density at radius 2 is 1.51 bits per heavy atom. The zero-order valence-corrected chi connectivity index (χ0v) is 27.1. The highest BCUT2D eigenvalue weighted by Gasteiger charge is 2.76. The minimum absolute atomic E-state index is 0.0223. The Labute approximate surface area is 259 Å². The van der Waals surface area contributed by atoms with Gasteiger partial charge in [-0.05, 0) is 105 Å². The fourth-order valence-electron chi connectivity index (χ4n) is 9.27. The van der Waals surface area contributed by atoms with Gasteiger partial charge in [0.25, 0.3) is 0 Å². The van der Waals surface area contributed by atoms with Gasteiger partial charge in [0.1, 0.15) is 11.7 Å². The first-order valence-corrected chi connectivity index (χ1v) is 16.2. The summed E-state index contributed by atoms with van der Waals surface area (Å²) in [5, 5.41) is 13.2. The second-order valence-corrected chi connectivity index (χ2v) is 15.7. The van der Waals surface area contributed by atoms with Crippen LogP contribution in [0.15, 0.2) is 69.6 Å². The molecule has 41 heavy (non-hydrogen) atoms. The van der Waals surface area contributed by atoms with Gasteiger partial charge in [0, 0.05) is 25.2 Å². The minimum atomic E-state index is -1.24. The fraction of sp³-hybridized carbons (Fsp3) is 0.529. The smallest absolute Gasteiger partial charge is 0.338 e. The SMILES string of the molecule is CC1(C)CC=C[C@]2(C)[C@@H]1CC[C@@]13CC[C@@](COC(=O)c4ccc(Br)cc4)(CC(OC(=O)c4ccc(Br)cc4)[C@]12O)C3. The van der Waals surface area contributed by atoms with E-state index in [1.165, 1.54) is 0 Å². The third-order valence-electron chi connectivity index (χ3n) is 11.2. The van der Waals surface area contributed by atoms with Crippen LogP contribution in [0.1, 0.15) is 86.4 Å². The number of benzene rings is 2. The number of hydrogen-bond donors (Lipinski definition) is 1. The maximum atomic E-state index is 13.6. The topological polar surface area (TPSA) is 72.8 Å². The number of ether oxygens (including phenoxy) is 2. The predicted octanol–water partition coefficient (Wildman–Crippen LogP) is 8.29. The summed E-state index contributed by atoms with van der Waals surface area (Å²) in [5.41, 5.74) is -1.60. The summed E-state index contributed by atoms with van der Waals surface area (Å²) in [7, 11) is 0. The summed E-state index contributed by atoms with van der Waals surface area (Å²) >= 11 is 6.85. The van der Waals surface area contributed by atoms with Crippen molar-refractivity contribution in [1.29, 1.82) is 0 Å². The van der Waals surface area contributed by atoms with Crippen molar-refractivity contribution in [2.24, 2.45) is 27.6 Å². The van der Waals surface area contributed by atoms with Gasteiger partial charge in [-0.1, -0.05) is 64.8 Å². The Balaban J connectivity index is 1.36. The number of carbonyl (C=O) groups is 2. The van der Waals surface area contributed by atoms with Crippen molar-refractivity contribution in [2.75, 3.05) is 6.61 Å². The molecule has 6 rings (SSSR count). The minimum Gasteiger partial charge on any atom is -0.462 e. The lowest BCUT2D eigenvalue weighted by molar-refractivity contribution is -0.282. The second-order valence-electron chi connectivity index (χ2n) is 13.9. The lowest BCUT2D eigenvalue weighted by Crippen LogP contribution is -2.73. The van der Waals surface area contributed by atoms with Gasteiger partial charge in [-0.2, -0.15) is 0 Å². The molecule has 5 nitrogen and oxygen atoms in total. The van der Waals surface area contributed by atoms with E-state index in [4.69, 9.17) is 9.47 Å². The molecule has 2 aromatic rings. The highest BCUT2D eigenvalue weighted by atomic mass is 79.9. The van der Waals surface area contributed by atoms with E-state index >= 15 is 0 Å². The molecule has 4 aliphatic carbocycles. The molecule has 3 fully saturated rings. The molecule has 1 N–H and O–H groups in total. The number of halogens is 2. The van der Waals surface area contributed by atoms with Gasteiger partial charge in [0.05, 0.1) is 17.7 Å². The first-order valence-electron chi connectivity index (χ1n) is 14.6. The van der Waals surface area contributed by atoms with Crippen molar-refractivity contribution >= 4 is 43.8 Å². The number of rotatable bonds is 5. The summed E-state index contributed by atoms with van der Waals surface area (Å²) in [6, 6.07) is 14.3. The van der Waals surface area contributed by atoms with Crippen LogP contribution in [0.5, 0.6) is 0 Å². The molecule has 2 aromatic carbocycles. The van der Waals surface area contributed by atoms with E-state index in [0.717, 1.165) is 47.5 Å².